The zero-order chi connectivity index (χ0) is 14.0. The first kappa shape index (κ1) is 13.8. The number of likely N-dealkylation sites (N-methyl/N-ethyl adjacent to an activating group) is 1. The van der Waals surface area contributed by atoms with Crippen molar-refractivity contribution in [2.45, 2.75) is 24.8 Å². The van der Waals surface area contributed by atoms with Gasteiger partial charge >= 0.3 is 0 Å². The van der Waals surface area contributed by atoms with Gasteiger partial charge in [0.15, 0.2) is 0 Å². The van der Waals surface area contributed by atoms with Crippen LogP contribution in [0, 0.1) is 5.82 Å². The van der Waals surface area contributed by atoms with E-state index < -0.39 is 5.82 Å². The summed E-state index contributed by atoms with van der Waals surface area (Å²) in [7, 11) is 4.00. The molecule has 0 spiro atoms. The number of aromatic hydroxyl groups is 1. The highest BCUT2D eigenvalue weighted by Crippen LogP contribution is 2.35. The van der Waals surface area contributed by atoms with E-state index in [0.29, 0.717) is 6.54 Å². The van der Waals surface area contributed by atoms with E-state index in [1.807, 2.05) is 14.1 Å². The van der Waals surface area contributed by atoms with Gasteiger partial charge in [-0.2, -0.15) is 0 Å². The quantitative estimate of drug-likeness (QED) is 0.873. The van der Waals surface area contributed by atoms with Crippen molar-refractivity contribution in [3.8, 4) is 5.75 Å². The third kappa shape index (κ3) is 2.71. The fourth-order valence-electron chi connectivity index (χ4n) is 2.40. The van der Waals surface area contributed by atoms with E-state index in [-0.39, 0.29) is 22.8 Å². The van der Waals surface area contributed by atoms with Gasteiger partial charge in [-0.05, 0) is 45.5 Å². The smallest absolute Gasteiger partial charge is 0.255 e. The maximum atomic E-state index is 12.9. The minimum Gasteiger partial charge on any atom is -0.507 e. The Balaban J connectivity index is 2.01. The molecule has 1 fully saturated rings. The lowest BCUT2D eigenvalue weighted by Crippen LogP contribution is -2.57. The van der Waals surface area contributed by atoms with Crippen LogP contribution in [0.5, 0.6) is 5.75 Å². The third-order valence-corrected chi connectivity index (χ3v) is 4.02. The van der Waals surface area contributed by atoms with Crippen LogP contribution >= 0.6 is 0 Å². The van der Waals surface area contributed by atoms with Crippen molar-refractivity contribution < 1.29 is 14.3 Å². The van der Waals surface area contributed by atoms with Crippen molar-refractivity contribution in [2.24, 2.45) is 0 Å². The lowest BCUT2D eigenvalue weighted by molar-refractivity contribution is 0.0557. The molecule has 5 heteroatoms. The summed E-state index contributed by atoms with van der Waals surface area (Å²) >= 11 is 0. The van der Waals surface area contributed by atoms with E-state index >= 15 is 0 Å². The first-order chi connectivity index (χ1) is 8.94. The number of rotatable bonds is 4. The second kappa shape index (κ2) is 5.17. The van der Waals surface area contributed by atoms with Crippen molar-refractivity contribution in [3.05, 3.63) is 29.6 Å². The van der Waals surface area contributed by atoms with Crippen LogP contribution in [-0.4, -0.2) is 42.1 Å². The number of phenolic OH excluding ortho intramolecular Hbond substituents is 1. The second-order valence-electron chi connectivity index (χ2n) is 5.32. The molecule has 1 amide bonds. The number of nitrogens with zero attached hydrogens (tertiary/aromatic N) is 1. The minimum atomic E-state index is -0.558. The van der Waals surface area contributed by atoms with Crippen LogP contribution < -0.4 is 5.32 Å². The van der Waals surface area contributed by atoms with Gasteiger partial charge < -0.3 is 15.3 Å². The van der Waals surface area contributed by atoms with Crippen LogP contribution in [0.1, 0.15) is 29.6 Å². The Hall–Kier alpha value is -1.62. The van der Waals surface area contributed by atoms with Gasteiger partial charge in [0, 0.05) is 18.2 Å². The van der Waals surface area contributed by atoms with Crippen LogP contribution in [0.2, 0.25) is 0 Å². The summed E-state index contributed by atoms with van der Waals surface area (Å²) in [5.74, 6) is -1.26. The van der Waals surface area contributed by atoms with E-state index in [0.717, 1.165) is 25.3 Å². The second-order valence-corrected chi connectivity index (χ2v) is 5.32. The van der Waals surface area contributed by atoms with Crippen LogP contribution in [0.4, 0.5) is 4.39 Å². The predicted molar refractivity (Wildman–Crippen MR) is 70.7 cm³/mol. The zero-order valence-electron chi connectivity index (χ0n) is 11.2. The Bertz CT molecular complexity index is 484. The number of carbonyl (C=O) groups excluding carboxylic acids is 1. The zero-order valence-corrected chi connectivity index (χ0v) is 11.2. The normalized spacial score (nSPS) is 17.1. The topological polar surface area (TPSA) is 52.6 Å². The molecule has 1 aromatic rings. The molecule has 0 saturated heterocycles. The molecule has 0 aliphatic heterocycles. The summed E-state index contributed by atoms with van der Waals surface area (Å²) in [5, 5.41) is 12.4. The minimum absolute atomic E-state index is 0.0192. The molecule has 2 N–H and O–H groups in total. The van der Waals surface area contributed by atoms with Crippen molar-refractivity contribution in [2.75, 3.05) is 20.6 Å². The number of carbonyl (C=O) groups is 1. The van der Waals surface area contributed by atoms with E-state index in [1.165, 1.54) is 12.1 Å². The van der Waals surface area contributed by atoms with Crippen molar-refractivity contribution in [1.29, 1.82) is 0 Å². The molecule has 1 aliphatic carbocycles. The largest absolute Gasteiger partial charge is 0.507 e. The first-order valence-electron chi connectivity index (χ1n) is 6.39. The average molecular weight is 266 g/mol. The molecule has 104 valence electrons. The third-order valence-electron chi connectivity index (χ3n) is 4.02. The van der Waals surface area contributed by atoms with Gasteiger partial charge in [-0.3, -0.25) is 4.79 Å². The lowest BCUT2D eigenvalue weighted by atomic mass is 9.75. The summed E-state index contributed by atoms with van der Waals surface area (Å²) in [6, 6.07) is 3.41. The predicted octanol–water partition coefficient (Wildman–Crippen LogP) is 1.75. The molecule has 0 heterocycles. The maximum absolute atomic E-state index is 12.9. The van der Waals surface area contributed by atoms with E-state index in [9.17, 15) is 14.3 Å². The number of hydrogen-bond donors (Lipinski definition) is 2. The van der Waals surface area contributed by atoms with Gasteiger partial charge in [-0.25, -0.2) is 4.39 Å². The van der Waals surface area contributed by atoms with Crippen LogP contribution in [0.25, 0.3) is 0 Å². The molecule has 0 radical (unpaired) electrons. The Morgan fingerprint density at radius 3 is 2.63 bits per heavy atom. The first-order valence-corrected chi connectivity index (χ1v) is 6.39. The standard InChI is InChI=1S/C14H19FN2O2/c1-17(2)14(6-3-7-14)9-16-13(19)11-5-4-10(15)8-12(11)18/h4-5,8,18H,3,6-7,9H2,1-2H3,(H,16,19). The summed E-state index contributed by atoms with van der Waals surface area (Å²) in [4.78, 5) is 14.1. The summed E-state index contributed by atoms with van der Waals surface area (Å²) in [6.07, 6.45) is 3.27. The van der Waals surface area contributed by atoms with E-state index in [4.69, 9.17) is 0 Å². The number of phenols is 1. The molecule has 2 rings (SSSR count). The van der Waals surface area contributed by atoms with Crippen LogP contribution in [0.15, 0.2) is 18.2 Å². The molecule has 0 aromatic heterocycles. The number of hydrogen-bond acceptors (Lipinski definition) is 3. The Kier molecular flexibility index (Phi) is 3.75. The average Bonchev–Trinajstić information content (AvgIpc) is 2.26. The van der Waals surface area contributed by atoms with Crippen molar-refractivity contribution in [1.82, 2.24) is 10.2 Å². The monoisotopic (exact) mass is 266 g/mol. The van der Waals surface area contributed by atoms with Gasteiger partial charge in [-0.1, -0.05) is 0 Å². The highest BCUT2D eigenvalue weighted by atomic mass is 19.1. The van der Waals surface area contributed by atoms with E-state index in [2.05, 4.69) is 10.2 Å². The van der Waals surface area contributed by atoms with E-state index in [1.54, 1.807) is 0 Å². The van der Waals surface area contributed by atoms with Crippen LogP contribution in [0.3, 0.4) is 0 Å². The Morgan fingerprint density at radius 1 is 1.47 bits per heavy atom. The van der Waals surface area contributed by atoms with Gasteiger partial charge in [0.1, 0.15) is 11.6 Å². The summed E-state index contributed by atoms with van der Waals surface area (Å²) < 4.78 is 12.9. The SMILES string of the molecule is CN(C)C1(CNC(=O)c2ccc(F)cc2O)CCC1. The maximum Gasteiger partial charge on any atom is 0.255 e. The van der Waals surface area contributed by atoms with Gasteiger partial charge in [0.25, 0.3) is 5.91 Å². The molecule has 0 atom stereocenters. The lowest BCUT2D eigenvalue weighted by Gasteiger charge is -2.47. The van der Waals surface area contributed by atoms with Gasteiger partial charge in [0.2, 0.25) is 0 Å². The molecule has 1 aromatic carbocycles. The molecular weight excluding hydrogens is 247 g/mol. The number of amides is 1. The highest BCUT2D eigenvalue weighted by Gasteiger charge is 2.39. The molecule has 19 heavy (non-hydrogen) atoms. The number of nitrogens with one attached hydrogen (secondary N) is 1. The van der Waals surface area contributed by atoms with Crippen LogP contribution in [-0.2, 0) is 0 Å². The summed E-state index contributed by atoms with van der Waals surface area (Å²) in [6.45, 7) is 0.537. The molecule has 0 bridgehead atoms. The highest BCUT2D eigenvalue weighted by molar-refractivity contribution is 5.96. The van der Waals surface area contributed by atoms with Gasteiger partial charge in [0.05, 0.1) is 5.56 Å². The Labute approximate surface area is 112 Å². The fraction of sp³-hybridized carbons (Fsp3) is 0.500. The molecule has 4 nitrogen and oxygen atoms in total. The number of halogens is 1. The molecule has 0 unspecified atom stereocenters. The molecule has 1 saturated carbocycles. The summed E-state index contributed by atoms with van der Waals surface area (Å²) in [5.41, 5.74) is 0.125. The Morgan fingerprint density at radius 2 is 2.16 bits per heavy atom. The molecule has 1 aliphatic rings. The molecular formula is C14H19FN2O2. The van der Waals surface area contributed by atoms with Crippen molar-refractivity contribution in [3.63, 3.8) is 0 Å². The number of benzene rings is 1. The van der Waals surface area contributed by atoms with Gasteiger partial charge in [-0.15, -0.1) is 0 Å². The fourth-order valence-corrected chi connectivity index (χ4v) is 2.40. The van der Waals surface area contributed by atoms with Crippen molar-refractivity contribution >= 4 is 5.91 Å².